The van der Waals surface area contributed by atoms with Crippen LogP contribution in [0.25, 0.3) is 0 Å². The van der Waals surface area contributed by atoms with E-state index in [0.717, 1.165) is 16.0 Å². The molecule has 0 radical (unpaired) electrons. The molecule has 3 rings (SSSR count). The maximum atomic E-state index is 13.1. The molecule has 1 unspecified atom stereocenters. The quantitative estimate of drug-likeness (QED) is 0.510. The van der Waals surface area contributed by atoms with E-state index in [1.165, 1.54) is 12.1 Å². The van der Waals surface area contributed by atoms with Crippen molar-refractivity contribution >= 4 is 6.09 Å². The summed E-state index contributed by atoms with van der Waals surface area (Å²) in [5, 5.41) is 4.76. The van der Waals surface area contributed by atoms with Gasteiger partial charge in [0.25, 0.3) is 0 Å². The Kier molecular flexibility index (Phi) is 8.00. The Morgan fingerprint density at radius 1 is 1.09 bits per heavy atom. The first-order valence-electron chi connectivity index (χ1n) is 11.0. The molecule has 192 valence electrons. The Labute approximate surface area is 199 Å². The zero-order valence-corrected chi connectivity index (χ0v) is 19.5. The number of benzene rings is 2. The van der Waals surface area contributed by atoms with Gasteiger partial charge >= 0.3 is 18.4 Å². The molecule has 1 atom stereocenters. The fourth-order valence-corrected chi connectivity index (χ4v) is 4.02. The maximum absolute atomic E-state index is 13.1. The van der Waals surface area contributed by atoms with E-state index in [0.29, 0.717) is 31.8 Å². The van der Waals surface area contributed by atoms with Crippen molar-refractivity contribution in [2.75, 3.05) is 26.7 Å². The molecule has 2 aromatic carbocycles. The molecule has 2 aromatic rings. The number of carbonyl (C=O) groups is 1. The van der Waals surface area contributed by atoms with Crippen molar-refractivity contribution in [1.29, 1.82) is 0 Å². The lowest BCUT2D eigenvalue weighted by molar-refractivity contribution is -0.150. The third kappa shape index (κ3) is 6.66. The largest absolute Gasteiger partial charge is 0.428 e. The van der Waals surface area contributed by atoms with Gasteiger partial charge in [0.2, 0.25) is 0 Å². The van der Waals surface area contributed by atoms with Crippen LogP contribution in [-0.4, -0.2) is 42.7 Å². The fourth-order valence-electron chi connectivity index (χ4n) is 4.02. The molecule has 0 spiro atoms. The van der Waals surface area contributed by atoms with Crippen LogP contribution >= 0.6 is 0 Å². The van der Waals surface area contributed by atoms with Gasteiger partial charge in [0, 0.05) is 33.2 Å². The molecule has 0 saturated carbocycles. The number of piperazine rings is 1. The number of carbonyl (C=O) groups excluding carboxylic acids is 1. The molecule has 1 amide bonds. The summed E-state index contributed by atoms with van der Waals surface area (Å²) >= 11 is 0. The summed E-state index contributed by atoms with van der Waals surface area (Å²) in [6.45, 7) is 5.00. The highest BCUT2D eigenvalue weighted by Crippen LogP contribution is 2.36. The molecule has 0 bridgehead atoms. The molecule has 0 aliphatic carbocycles. The summed E-state index contributed by atoms with van der Waals surface area (Å²) in [4.78, 5) is 19.3. The summed E-state index contributed by atoms with van der Waals surface area (Å²) in [7, 11) is 1.26. The first-order chi connectivity index (χ1) is 16.3. The van der Waals surface area contributed by atoms with Gasteiger partial charge in [-0.05, 0) is 40.8 Å². The summed E-state index contributed by atoms with van der Waals surface area (Å²) in [5.74, 6) is 0.220. The van der Waals surface area contributed by atoms with Crippen molar-refractivity contribution in [3.8, 4) is 0 Å². The highest BCUT2D eigenvalue weighted by Gasteiger charge is 2.37. The average Bonchev–Trinajstić information content (AvgIpc) is 2.78. The van der Waals surface area contributed by atoms with Gasteiger partial charge in [0.15, 0.2) is 0 Å². The monoisotopic (exact) mass is 503 g/mol. The normalized spacial score (nSPS) is 17.5. The second-order valence-corrected chi connectivity index (χ2v) is 8.77. The predicted octanol–water partition coefficient (Wildman–Crippen LogP) is 5.98. The van der Waals surface area contributed by atoms with Gasteiger partial charge in [-0.25, -0.2) is 4.79 Å². The number of nitrogens with zero attached hydrogens (tertiary/aromatic N) is 2. The van der Waals surface area contributed by atoms with Crippen molar-refractivity contribution in [3.63, 3.8) is 0 Å². The fraction of sp³-hybridized carbons (Fsp3) is 0.458. The van der Waals surface area contributed by atoms with Crippen molar-refractivity contribution in [3.05, 3.63) is 70.3 Å². The number of hydroxylamine groups is 2. The van der Waals surface area contributed by atoms with Gasteiger partial charge in [-0.1, -0.05) is 38.1 Å². The Morgan fingerprint density at radius 2 is 1.69 bits per heavy atom. The zero-order valence-electron chi connectivity index (χ0n) is 19.5. The Balaban J connectivity index is 1.79. The van der Waals surface area contributed by atoms with E-state index < -0.39 is 36.1 Å². The second kappa shape index (κ2) is 10.4. The minimum atomic E-state index is -4.97. The molecule has 1 aliphatic heterocycles. The third-order valence-electron chi connectivity index (χ3n) is 5.75. The first-order valence-corrected chi connectivity index (χ1v) is 11.0. The lowest BCUT2D eigenvalue weighted by atomic mass is 9.92. The maximum Gasteiger partial charge on any atom is 0.428 e. The van der Waals surface area contributed by atoms with E-state index >= 15 is 0 Å². The molecular weight excluding hydrogens is 476 g/mol. The van der Waals surface area contributed by atoms with Crippen LogP contribution in [0.5, 0.6) is 0 Å². The van der Waals surface area contributed by atoms with Gasteiger partial charge in [-0.2, -0.15) is 26.3 Å². The Morgan fingerprint density at radius 3 is 2.26 bits per heavy atom. The number of hydrogen-bond acceptors (Lipinski definition) is 4. The standard InChI is InChI=1S/C24H27F6N3O2/c1-15(2)19-6-4-5-7-20(19)21-13-31-8-9-33(21)35-22(34)32(3)14-16-10-17(23(25,26)27)12-18(11-16)24(28,29)30/h4-7,10-12,15,21,31H,8-9,13-14H2,1-3H3. The van der Waals surface area contributed by atoms with E-state index in [1.54, 1.807) is 0 Å². The third-order valence-corrected chi connectivity index (χ3v) is 5.75. The van der Waals surface area contributed by atoms with Crippen LogP contribution in [0.4, 0.5) is 31.1 Å². The van der Waals surface area contributed by atoms with Crippen molar-refractivity contribution in [2.24, 2.45) is 0 Å². The number of hydrogen-bond donors (Lipinski definition) is 1. The average molecular weight is 503 g/mol. The molecule has 1 aliphatic rings. The number of alkyl halides is 6. The van der Waals surface area contributed by atoms with Crippen LogP contribution in [0.15, 0.2) is 42.5 Å². The van der Waals surface area contributed by atoms with Gasteiger partial charge < -0.3 is 15.1 Å². The molecule has 5 nitrogen and oxygen atoms in total. The van der Waals surface area contributed by atoms with Crippen LogP contribution in [0.1, 0.15) is 53.6 Å². The topological polar surface area (TPSA) is 44.8 Å². The summed E-state index contributed by atoms with van der Waals surface area (Å²) in [6.07, 6.45) is -10.8. The molecule has 1 N–H and O–H groups in total. The number of halogens is 6. The first kappa shape index (κ1) is 26.8. The van der Waals surface area contributed by atoms with Crippen LogP contribution in [0.2, 0.25) is 0 Å². The van der Waals surface area contributed by atoms with Crippen molar-refractivity contribution in [1.82, 2.24) is 15.3 Å². The zero-order chi connectivity index (χ0) is 26.0. The van der Waals surface area contributed by atoms with Crippen molar-refractivity contribution < 1.29 is 36.0 Å². The Hall–Kier alpha value is -2.79. The number of amides is 1. The highest BCUT2D eigenvalue weighted by molar-refractivity contribution is 5.67. The van der Waals surface area contributed by atoms with Crippen LogP contribution in [0.3, 0.4) is 0 Å². The smallest absolute Gasteiger partial charge is 0.350 e. The molecular formula is C24H27F6N3O2. The molecule has 1 heterocycles. The van der Waals surface area contributed by atoms with Gasteiger partial charge in [-0.3, -0.25) is 0 Å². The molecule has 1 fully saturated rings. The second-order valence-electron chi connectivity index (χ2n) is 8.77. The molecule has 1 saturated heterocycles. The van der Waals surface area contributed by atoms with Crippen LogP contribution in [0, 0.1) is 0 Å². The summed E-state index contributed by atoms with van der Waals surface area (Å²) < 4.78 is 78.9. The summed E-state index contributed by atoms with van der Waals surface area (Å²) in [5.41, 5.74) is -1.13. The van der Waals surface area contributed by atoms with E-state index in [-0.39, 0.29) is 23.6 Å². The Bertz CT molecular complexity index is 1010. The van der Waals surface area contributed by atoms with Gasteiger partial charge in [0.1, 0.15) is 0 Å². The minimum Gasteiger partial charge on any atom is -0.350 e. The van der Waals surface area contributed by atoms with Crippen LogP contribution < -0.4 is 5.32 Å². The van der Waals surface area contributed by atoms with E-state index in [4.69, 9.17) is 4.84 Å². The lowest BCUT2D eigenvalue weighted by Gasteiger charge is -2.36. The molecule has 35 heavy (non-hydrogen) atoms. The lowest BCUT2D eigenvalue weighted by Crippen LogP contribution is -2.48. The molecule has 0 aromatic heterocycles. The van der Waals surface area contributed by atoms with E-state index in [2.05, 4.69) is 5.32 Å². The molecule has 11 heteroatoms. The predicted molar refractivity (Wildman–Crippen MR) is 117 cm³/mol. The number of nitrogens with one attached hydrogen (secondary N) is 1. The van der Waals surface area contributed by atoms with Gasteiger partial charge in [-0.15, -0.1) is 5.06 Å². The minimum absolute atomic E-state index is 0.0549. The van der Waals surface area contributed by atoms with E-state index in [1.807, 2.05) is 38.1 Å². The SMILES string of the molecule is CC(C)c1ccccc1C1CNCCN1OC(=O)N(C)Cc1cc(C(F)(F)F)cc(C(F)(F)F)c1. The van der Waals surface area contributed by atoms with Gasteiger partial charge in [0.05, 0.1) is 17.2 Å². The van der Waals surface area contributed by atoms with E-state index in [9.17, 15) is 31.1 Å². The van der Waals surface area contributed by atoms with Crippen LogP contribution in [-0.2, 0) is 23.7 Å². The summed E-state index contributed by atoms with van der Waals surface area (Å²) in [6, 6.07) is 8.70. The van der Waals surface area contributed by atoms with Crippen molar-refractivity contribution in [2.45, 2.75) is 44.7 Å². The highest BCUT2D eigenvalue weighted by atomic mass is 19.4. The number of rotatable bonds is 5.